The highest BCUT2D eigenvalue weighted by Crippen LogP contribution is 2.29. The average Bonchev–Trinajstić information content (AvgIpc) is 2.21. The van der Waals surface area contributed by atoms with Crippen molar-refractivity contribution in [3.63, 3.8) is 0 Å². The first-order valence-electron chi connectivity index (χ1n) is 5.01. The summed E-state index contributed by atoms with van der Waals surface area (Å²) in [5.74, 6) is 0.890. The summed E-state index contributed by atoms with van der Waals surface area (Å²) >= 11 is 5.88. The maximum absolute atomic E-state index is 13.5. The van der Waals surface area contributed by atoms with Crippen molar-refractivity contribution in [1.29, 1.82) is 0 Å². The van der Waals surface area contributed by atoms with Crippen molar-refractivity contribution in [3.05, 3.63) is 35.6 Å². The van der Waals surface area contributed by atoms with Gasteiger partial charge in [0.25, 0.3) is 0 Å². The molecule has 14 heavy (non-hydrogen) atoms. The first-order valence-corrected chi connectivity index (χ1v) is 5.54. The zero-order valence-electron chi connectivity index (χ0n) is 8.63. The summed E-state index contributed by atoms with van der Waals surface area (Å²) in [6.45, 7) is 4.21. The molecule has 0 saturated carbocycles. The largest absolute Gasteiger partial charge is 0.207 e. The van der Waals surface area contributed by atoms with Gasteiger partial charge in [-0.3, -0.25) is 0 Å². The van der Waals surface area contributed by atoms with Gasteiger partial charge in [-0.15, -0.1) is 11.6 Å². The van der Waals surface area contributed by atoms with Crippen LogP contribution >= 0.6 is 11.6 Å². The van der Waals surface area contributed by atoms with Crippen LogP contribution in [0.5, 0.6) is 0 Å². The molecule has 0 saturated heterocycles. The molecule has 0 heterocycles. The fourth-order valence-corrected chi connectivity index (χ4v) is 2.07. The van der Waals surface area contributed by atoms with Gasteiger partial charge >= 0.3 is 0 Å². The molecule has 0 aliphatic heterocycles. The first kappa shape index (κ1) is 11.5. The zero-order chi connectivity index (χ0) is 10.6. The molecule has 0 bridgehead atoms. The molecule has 0 N–H and O–H groups in total. The molecule has 1 aromatic rings. The second-order valence-corrected chi connectivity index (χ2v) is 3.98. The van der Waals surface area contributed by atoms with Crippen molar-refractivity contribution in [1.82, 2.24) is 0 Å². The Morgan fingerprint density at radius 1 is 1.36 bits per heavy atom. The fraction of sp³-hybridized carbons (Fsp3) is 0.500. The lowest BCUT2D eigenvalue weighted by Gasteiger charge is -2.21. The van der Waals surface area contributed by atoms with Crippen molar-refractivity contribution >= 4 is 11.6 Å². The molecule has 0 aliphatic carbocycles. The molecule has 1 aromatic carbocycles. The highest BCUT2D eigenvalue weighted by molar-refractivity contribution is 6.18. The van der Waals surface area contributed by atoms with Crippen LogP contribution in [0.3, 0.4) is 0 Å². The lowest BCUT2D eigenvalue weighted by molar-refractivity contribution is 0.458. The van der Waals surface area contributed by atoms with Crippen LogP contribution in [0.15, 0.2) is 24.3 Å². The second kappa shape index (κ2) is 5.35. The number of rotatable bonds is 4. The van der Waals surface area contributed by atoms with Gasteiger partial charge in [-0.2, -0.15) is 0 Å². The van der Waals surface area contributed by atoms with Gasteiger partial charge in [-0.1, -0.05) is 38.5 Å². The third-order valence-corrected chi connectivity index (χ3v) is 3.13. The zero-order valence-corrected chi connectivity index (χ0v) is 9.39. The Balaban J connectivity index is 2.94. The normalized spacial score (nSPS) is 15.1. The summed E-state index contributed by atoms with van der Waals surface area (Å²) in [5.41, 5.74) is 0.747. The SMILES string of the molecule is CCC(C)C(CCl)c1ccccc1F. The van der Waals surface area contributed by atoms with E-state index in [1.807, 2.05) is 12.1 Å². The van der Waals surface area contributed by atoms with Gasteiger partial charge in [-0.25, -0.2) is 4.39 Å². The van der Waals surface area contributed by atoms with Crippen molar-refractivity contribution in [3.8, 4) is 0 Å². The molecule has 2 unspecified atom stereocenters. The minimum atomic E-state index is -0.140. The standard InChI is InChI=1S/C12H16ClF/c1-3-9(2)11(8-13)10-6-4-5-7-12(10)14/h4-7,9,11H,3,8H2,1-2H3. The predicted molar refractivity (Wildman–Crippen MR) is 59.3 cm³/mol. The molecule has 0 nitrogen and oxygen atoms in total. The van der Waals surface area contributed by atoms with Crippen LogP contribution in [0.4, 0.5) is 4.39 Å². The van der Waals surface area contributed by atoms with Gasteiger partial charge in [0.2, 0.25) is 0 Å². The van der Waals surface area contributed by atoms with E-state index in [4.69, 9.17) is 11.6 Å². The molecule has 1 rings (SSSR count). The van der Waals surface area contributed by atoms with Crippen LogP contribution in [0.1, 0.15) is 31.7 Å². The minimum Gasteiger partial charge on any atom is -0.207 e. The smallest absolute Gasteiger partial charge is 0.126 e. The Labute approximate surface area is 90.1 Å². The van der Waals surface area contributed by atoms with E-state index in [0.29, 0.717) is 11.8 Å². The molecule has 0 aliphatic rings. The highest BCUT2D eigenvalue weighted by atomic mass is 35.5. The number of hydrogen-bond donors (Lipinski definition) is 0. The topological polar surface area (TPSA) is 0 Å². The molecule has 0 fully saturated rings. The molecule has 78 valence electrons. The van der Waals surface area contributed by atoms with E-state index in [9.17, 15) is 4.39 Å². The predicted octanol–water partition coefficient (Wildman–Crippen LogP) is 4.19. The van der Waals surface area contributed by atoms with Crippen LogP contribution in [0.2, 0.25) is 0 Å². The van der Waals surface area contributed by atoms with Crippen molar-refractivity contribution in [2.75, 3.05) is 5.88 Å². The third-order valence-electron chi connectivity index (χ3n) is 2.80. The highest BCUT2D eigenvalue weighted by Gasteiger charge is 2.19. The molecule has 0 amide bonds. The Morgan fingerprint density at radius 2 is 2.00 bits per heavy atom. The Morgan fingerprint density at radius 3 is 2.50 bits per heavy atom. The molecular weight excluding hydrogens is 199 g/mol. The maximum atomic E-state index is 13.5. The summed E-state index contributed by atoms with van der Waals surface area (Å²) < 4.78 is 13.5. The van der Waals surface area contributed by atoms with E-state index in [2.05, 4.69) is 13.8 Å². The lowest BCUT2D eigenvalue weighted by Crippen LogP contribution is -2.12. The third kappa shape index (κ3) is 2.48. The van der Waals surface area contributed by atoms with E-state index in [0.717, 1.165) is 12.0 Å². The van der Waals surface area contributed by atoms with Crippen molar-refractivity contribution in [2.24, 2.45) is 5.92 Å². The number of alkyl halides is 1. The average molecular weight is 215 g/mol. The van der Waals surface area contributed by atoms with Crippen LogP contribution in [-0.4, -0.2) is 5.88 Å². The van der Waals surface area contributed by atoms with Gasteiger partial charge in [0, 0.05) is 11.8 Å². The molecular formula is C12H16ClF. The molecule has 0 aromatic heterocycles. The van der Waals surface area contributed by atoms with E-state index < -0.39 is 0 Å². The van der Waals surface area contributed by atoms with Crippen molar-refractivity contribution in [2.45, 2.75) is 26.2 Å². The van der Waals surface area contributed by atoms with Crippen molar-refractivity contribution < 1.29 is 4.39 Å². The summed E-state index contributed by atoms with van der Waals surface area (Å²) in [5, 5.41) is 0. The monoisotopic (exact) mass is 214 g/mol. The summed E-state index contributed by atoms with van der Waals surface area (Å²) in [6.07, 6.45) is 1.02. The van der Waals surface area contributed by atoms with Crippen LogP contribution < -0.4 is 0 Å². The van der Waals surface area contributed by atoms with E-state index >= 15 is 0 Å². The van der Waals surface area contributed by atoms with Crippen LogP contribution in [-0.2, 0) is 0 Å². The number of hydrogen-bond acceptors (Lipinski definition) is 0. The molecule has 0 radical (unpaired) electrons. The maximum Gasteiger partial charge on any atom is 0.126 e. The lowest BCUT2D eigenvalue weighted by atomic mass is 9.87. The molecule has 2 heteroatoms. The fourth-order valence-electron chi connectivity index (χ4n) is 1.60. The Bertz CT molecular complexity index is 285. The van der Waals surface area contributed by atoms with E-state index in [1.165, 1.54) is 6.07 Å². The molecule has 2 atom stereocenters. The van der Waals surface area contributed by atoms with Gasteiger partial charge in [0.15, 0.2) is 0 Å². The van der Waals surface area contributed by atoms with Crippen LogP contribution in [0.25, 0.3) is 0 Å². The van der Waals surface area contributed by atoms with E-state index in [1.54, 1.807) is 6.07 Å². The van der Waals surface area contributed by atoms with Crippen LogP contribution in [0, 0.1) is 11.7 Å². The first-order chi connectivity index (χ1) is 6.70. The summed E-state index contributed by atoms with van der Waals surface area (Å²) in [4.78, 5) is 0. The van der Waals surface area contributed by atoms with Gasteiger partial charge in [0.05, 0.1) is 0 Å². The minimum absolute atomic E-state index is 0.128. The van der Waals surface area contributed by atoms with Gasteiger partial charge in [-0.05, 0) is 17.5 Å². The number of benzene rings is 1. The number of halogens is 2. The Kier molecular flexibility index (Phi) is 4.40. The van der Waals surface area contributed by atoms with Gasteiger partial charge in [0.1, 0.15) is 5.82 Å². The second-order valence-electron chi connectivity index (χ2n) is 3.67. The van der Waals surface area contributed by atoms with Gasteiger partial charge < -0.3 is 0 Å². The quantitative estimate of drug-likeness (QED) is 0.660. The summed E-state index contributed by atoms with van der Waals surface area (Å²) in [6, 6.07) is 6.90. The Hall–Kier alpha value is -0.560. The molecule has 0 spiro atoms. The summed E-state index contributed by atoms with van der Waals surface area (Å²) in [7, 11) is 0. The van der Waals surface area contributed by atoms with E-state index in [-0.39, 0.29) is 11.7 Å².